The van der Waals surface area contributed by atoms with Crippen molar-refractivity contribution < 1.29 is 13.2 Å². The Bertz CT molecular complexity index is 512. The molecule has 3 nitrogen and oxygen atoms in total. The first kappa shape index (κ1) is 14.8. The van der Waals surface area contributed by atoms with Gasteiger partial charge in [0.1, 0.15) is 0 Å². The number of hydrogen-bond donors (Lipinski definition) is 1. The molecule has 2 rings (SSSR count). The smallest absolute Gasteiger partial charge is 0.333 e. The summed E-state index contributed by atoms with van der Waals surface area (Å²) in [4.78, 5) is 0.798. The summed E-state index contributed by atoms with van der Waals surface area (Å²) in [6.45, 7) is -0.621. The standard InChI is InChI=1S/C10H10F3N3S.ClH/c1-6-8(5-16(15-6)10(12)13)14-4-7-2-3-9(11)17-7;/h2-3,5,10,14H,4H2,1H3;1H. The number of nitrogens with zero attached hydrogens (tertiary/aromatic N) is 2. The molecule has 0 spiro atoms. The molecule has 0 aliphatic rings. The summed E-state index contributed by atoms with van der Waals surface area (Å²) in [5, 5.41) is 6.34. The van der Waals surface area contributed by atoms with Crippen molar-refractivity contribution in [2.45, 2.75) is 20.0 Å². The summed E-state index contributed by atoms with van der Waals surface area (Å²) in [6, 6.07) is 3.02. The molecular weight excluding hydrogens is 287 g/mol. The monoisotopic (exact) mass is 297 g/mol. The van der Waals surface area contributed by atoms with Gasteiger partial charge in [-0.25, -0.2) is 4.68 Å². The van der Waals surface area contributed by atoms with E-state index in [9.17, 15) is 13.2 Å². The Balaban J connectivity index is 0.00000162. The third-order valence-corrected chi connectivity index (χ3v) is 3.07. The molecule has 100 valence electrons. The fourth-order valence-electron chi connectivity index (χ4n) is 1.38. The van der Waals surface area contributed by atoms with Crippen molar-refractivity contribution in [3.63, 3.8) is 0 Å². The molecule has 0 atom stereocenters. The number of alkyl halides is 2. The lowest BCUT2D eigenvalue weighted by Gasteiger charge is -2.01. The number of aryl methyl sites for hydroxylation is 1. The van der Waals surface area contributed by atoms with Crippen LogP contribution in [0.2, 0.25) is 0 Å². The highest BCUT2D eigenvalue weighted by molar-refractivity contribution is 7.10. The Morgan fingerprint density at radius 1 is 1.44 bits per heavy atom. The van der Waals surface area contributed by atoms with Crippen LogP contribution in [-0.4, -0.2) is 9.78 Å². The normalized spacial score (nSPS) is 10.5. The minimum absolute atomic E-state index is 0. The first-order valence-electron chi connectivity index (χ1n) is 4.88. The van der Waals surface area contributed by atoms with Crippen LogP contribution < -0.4 is 5.32 Å². The molecule has 2 aromatic rings. The molecule has 2 heterocycles. The van der Waals surface area contributed by atoms with Crippen molar-refractivity contribution in [3.05, 3.63) is 34.0 Å². The molecule has 0 bridgehead atoms. The van der Waals surface area contributed by atoms with Gasteiger partial charge in [0, 0.05) is 11.4 Å². The summed E-state index contributed by atoms with van der Waals surface area (Å²) < 4.78 is 38.0. The molecule has 2 aromatic heterocycles. The van der Waals surface area contributed by atoms with Crippen LogP contribution in [0.1, 0.15) is 17.1 Å². The van der Waals surface area contributed by atoms with Crippen LogP contribution in [0.25, 0.3) is 0 Å². The van der Waals surface area contributed by atoms with E-state index in [1.807, 2.05) is 0 Å². The quantitative estimate of drug-likeness (QED) is 0.930. The van der Waals surface area contributed by atoms with E-state index in [4.69, 9.17) is 0 Å². The van der Waals surface area contributed by atoms with Gasteiger partial charge in [0.25, 0.3) is 0 Å². The van der Waals surface area contributed by atoms with Crippen LogP contribution in [-0.2, 0) is 6.54 Å². The molecule has 0 aliphatic heterocycles. The average Bonchev–Trinajstić information content (AvgIpc) is 2.82. The van der Waals surface area contributed by atoms with E-state index in [0.717, 1.165) is 16.2 Å². The van der Waals surface area contributed by atoms with Gasteiger partial charge < -0.3 is 5.32 Å². The fourth-order valence-corrected chi connectivity index (χ4v) is 2.05. The van der Waals surface area contributed by atoms with Crippen molar-refractivity contribution in [1.82, 2.24) is 9.78 Å². The number of rotatable bonds is 4. The first-order chi connectivity index (χ1) is 8.06. The fraction of sp³-hybridized carbons (Fsp3) is 0.300. The van der Waals surface area contributed by atoms with Crippen LogP contribution in [0.3, 0.4) is 0 Å². The van der Waals surface area contributed by atoms with Gasteiger partial charge in [0.05, 0.1) is 17.6 Å². The van der Waals surface area contributed by atoms with Gasteiger partial charge in [-0.2, -0.15) is 18.3 Å². The summed E-state index contributed by atoms with van der Waals surface area (Å²) in [6.07, 6.45) is 1.24. The summed E-state index contributed by atoms with van der Waals surface area (Å²) in [7, 11) is 0. The molecule has 1 N–H and O–H groups in total. The van der Waals surface area contributed by atoms with Gasteiger partial charge in [0.2, 0.25) is 0 Å². The number of anilines is 1. The minimum atomic E-state index is -2.65. The molecule has 0 unspecified atom stereocenters. The zero-order valence-electron chi connectivity index (χ0n) is 9.36. The average molecular weight is 298 g/mol. The highest BCUT2D eigenvalue weighted by Crippen LogP contribution is 2.20. The maximum absolute atomic E-state index is 12.7. The van der Waals surface area contributed by atoms with E-state index in [0.29, 0.717) is 22.6 Å². The molecule has 0 aliphatic carbocycles. The molecule has 8 heteroatoms. The molecule has 18 heavy (non-hydrogen) atoms. The minimum Gasteiger partial charge on any atom is -0.377 e. The van der Waals surface area contributed by atoms with Crippen LogP contribution in [0.4, 0.5) is 18.9 Å². The van der Waals surface area contributed by atoms with Gasteiger partial charge in [-0.3, -0.25) is 0 Å². The summed E-state index contributed by atoms with van der Waals surface area (Å²) in [5.41, 5.74) is 1.02. The van der Waals surface area contributed by atoms with Crippen molar-refractivity contribution in [1.29, 1.82) is 0 Å². The molecule has 0 fully saturated rings. The Morgan fingerprint density at radius 3 is 2.67 bits per heavy atom. The highest BCUT2D eigenvalue weighted by atomic mass is 35.5. The SMILES string of the molecule is Cc1nn(C(F)F)cc1NCc1ccc(F)s1.Cl. The highest BCUT2D eigenvalue weighted by Gasteiger charge is 2.11. The van der Waals surface area contributed by atoms with Gasteiger partial charge in [-0.15, -0.1) is 23.7 Å². The van der Waals surface area contributed by atoms with Crippen molar-refractivity contribution in [3.8, 4) is 0 Å². The van der Waals surface area contributed by atoms with Crippen LogP contribution in [0.5, 0.6) is 0 Å². The zero-order chi connectivity index (χ0) is 12.4. The summed E-state index contributed by atoms with van der Waals surface area (Å²) in [5.74, 6) is 0. The number of halogens is 4. The molecule has 0 radical (unpaired) electrons. The molecular formula is C10H11ClF3N3S. The summed E-state index contributed by atoms with van der Waals surface area (Å²) >= 11 is 1.02. The lowest BCUT2D eigenvalue weighted by Crippen LogP contribution is -1.98. The molecule has 0 saturated heterocycles. The molecule has 0 saturated carbocycles. The number of aromatic nitrogens is 2. The molecule has 0 amide bonds. The maximum atomic E-state index is 12.7. The van der Waals surface area contributed by atoms with E-state index in [1.54, 1.807) is 13.0 Å². The first-order valence-corrected chi connectivity index (χ1v) is 5.70. The zero-order valence-corrected chi connectivity index (χ0v) is 11.0. The predicted octanol–water partition coefficient (Wildman–Crippen LogP) is 3.82. The maximum Gasteiger partial charge on any atom is 0.333 e. The second kappa shape index (κ2) is 6.10. The van der Waals surface area contributed by atoms with Crippen molar-refractivity contribution in [2.24, 2.45) is 0 Å². The van der Waals surface area contributed by atoms with Gasteiger partial charge in [-0.1, -0.05) is 0 Å². The van der Waals surface area contributed by atoms with Crippen LogP contribution >= 0.6 is 23.7 Å². The number of nitrogens with one attached hydrogen (secondary N) is 1. The van der Waals surface area contributed by atoms with Crippen molar-refractivity contribution in [2.75, 3.05) is 5.32 Å². The lowest BCUT2D eigenvalue weighted by molar-refractivity contribution is 0.0563. The Labute approximate surface area is 112 Å². The Morgan fingerprint density at radius 2 is 2.17 bits per heavy atom. The third-order valence-electron chi connectivity index (χ3n) is 2.20. The van der Waals surface area contributed by atoms with Crippen LogP contribution in [0.15, 0.2) is 18.3 Å². The second-order valence-corrected chi connectivity index (χ2v) is 4.56. The van der Waals surface area contributed by atoms with Crippen LogP contribution in [0, 0.1) is 12.1 Å². The van der Waals surface area contributed by atoms with Gasteiger partial charge in [-0.05, 0) is 19.1 Å². The van der Waals surface area contributed by atoms with E-state index in [1.165, 1.54) is 12.3 Å². The van der Waals surface area contributed by atoms with Crippen molar-refractivity contribution >= 4 is 29.4 Å². The number of thiophene rings is 1. The largest absolute Gasteiger partial charge is 0.377 e. The third kappa shape index (κ3) is 3.39. The predicted molar refractivity (Wildman–Crippen MR) is 67.1 cm³/mol. The Hall–Kier alpha value is -1.21. The van der Waals surface area contributed by atoms with Gasteiger partial charge in [0.15, 0.2) is 5.13 Å². The number of hydrogen-bond acceptors (Lipinski definition) is 3. The Kier molecular flexibility index (Phi) is 5.03. The van der Waals surface area contributed by atoms with Gasteiger partial charge >= 0.3 is 6.55 Å². The molecule has 0 aromatic carbocycles. The van der Waals surface area contributed by atoms with E-state index in [-0.39, 0.29) is 17.5 Å². The topological polar surface area (TPSA) is 29.9 Å². The van der Waals surface area contributed by atoms with E-state index < -0.39 is 6.55 Å². The lowest BCUT2D eigenvalue weighted by atomic mass is 10.4. The van der Waals surface area contributed by atoms with E-state index in [2.05, 4.69) is 10.4 Å². The van der Waals surface area contributed by atoms with E-state index >= 15 is 0 Å². The second-order valence-electron chi connectivity index (χ2n) is 3.45.